The van der Waals surface area contributed by atoms with Crippen LogP contribution in [0.2, 0.25) is 0 Å². The maximum absolute atomic E-state index is 11.9. The van der Waals surface area contributed by atoms with Crippen LogP contribution in [0, 0.1) is 0 Å². The summed E-state index contributed by atoms with van der Waals surface area (Å²) in [4.78, 5) is 25.2. The van der Waals surface area contributed by atoms with Gasteiger partial charge < -0.3 is 15.2 Å². The van der Waals surface area contributed by atoms with Gasteiger partial charge in [-0.05, 0) is 33.6 Å². The van der Waals surface area contributed by atoms with Crippen LogP contribution < -0.4 is 5.32 Å². The molecule has 1 fully saturated rings. The van der Waals surface area contributed by atoms with Crippen LogP contribution in [0.1, 0.15) is 33.6 Å². The van der Waals surface area contributed by atoms with Crippen molar-refractivity contribution in [1.82, 2.24) is 10.2 Å². The molecule has 1 heterocycles. The number of nitrogens with zero attached hydrogens (tertiary/aromatic N) is 1. The number of amides is 2. The molecule has 0 aromatic rings. The van der Waals surface area contributed by atoms with Crippen molar-refractivity contribution in [3.05, 3.63) is 0 Å². The highest BCUT2D eigenvalue weighted by Crippen LogP contribution is 2.20. The fraction of sp³-hybridized carbons (Fsp3) is 0.833. The zero-order valence-corrected chi connectivity index (χ0v) is 11.2. The van der Waals surface area contributed by atoms with Crippen molar-refractivity contribution in [3.8, 4) is 0 Å². The van der Waals surface area contributed by atoms with Crippen molar-refractivity contribution in [2.45, 2.75) is 45.3 Å². The quantitative estimate of drug-likeness (QED) is 0.772. The number of ether oxygens (including phenoxy) is 1. The minimum Gasteiger partial charge on any atom is -0.444 e. The van der Waals surface area contributed by atoms with E-state index in [1.165, 1.54) is 4.90 Å². The summed E-state index contributed by atoms with van der Waals surface area (Å²) in [6.07, 6.45) is 0.969. The Morgan fingerprint density at radius 2 is 2.11 bits per heavy atom. The molecule has 6 heteroatoms. The highest BCUT2D eigenvalue weighted by molar-refractivity contribution is 5.86. The van der Waals surface area contributed by atoms with Crippen LogP contribution in [0.4, 0.5) is 4.79 Å². The molecule has 1 aliphatic heterocycles. The second-order valence-corrected chi connectivity index (χ2v) is 5.35. The molecule has 0 radical (unpaired) electrons. The lowest BCUT2D eigenvalue weighted by Gasteiger charge is -2.27. The maximum atomic E-state index is 11.9. The Kier molecular flexibility index (Phi) is 4.95. The molecule has 1 rings (SSSR count). The number of rotatable bonds is 3. The first-order valence-corrected chi connectivity index (χ1v) is 6.23. The van der Waals surface area contributed by atoms with Crippen molar-refractivity contribution in [1.29, 1.82) is 0 Å². The van der Waals surface area contributed by atoms with Gasteiger partial charge in [0.2, 0.25) is 5.91 Å². The van der Waals surface area contributed by atoms with Gasteiger partial charge in [0, 0.05) is 13.1 Å². The molecule has 2 amide bonds. The number of hydrogen-bond donors (Lipinski definition) is 2. The van der Waals surface area contributed by atoms with Crippen molar-refractivity contribution in [2.24, 2.45) is 0 Å². The minimum absolute atomic E-state index is 0.106. The number of likely N-dealkylation sites (tertiary alicyclic amines) is 1. The number of carbonyl (C=O) groups is 2. The molecule has 18 heavy (non-hydrogen) atoms. The molecule has 0 bridgehead atoms. The smallest absolute Gasteiger partial charge is 0.410 e. The minimum atomic E-state index is -0.564. The van der Waals surface area contributed by atoms with Crippen LogP contribution in [0.5, 0.6) is 0 Å². The lowest BCUT2D eigenvalue weighted by molar-refractivity contribution is -0.125. The molecular formula is C12H22N2O4. The molecular weight excluding hydrogens is 236 g/mol. The third-order valence-electron chi connectivity index (χ3n) is 2.59. The molecule has 104 valence electrons. The Morgan fingerprint density at radius 3 is 2.67 bits per heavy atom. The summed E-state index contributed by atoms with van der Waals surface area (Å²) in [5.74, 6) is -0.229. The number of hydrogen-bond acceptors (Lipinski definition) is 4. The van der Waals surface area contributed by atoms with E-state index in [2.05, 4.69) is 5.32 Å². The third kappa shape index (κ3) is 4.18. The van der Waals surface area contributed by atoms with E-state index in [1.807, 2.05) is 0 Å². The van der Waals surface area contributed by atoms with E-state index >= 15 is 0 Å². The van der Waals surface area contributed by atoms with E-state index in [0.717, 1.165) is 6.42 Å². The van der Waals surface area contributed by atoms with Gasteiger partial charge in [-0.1, -0.05) is 0 Å². The number of aliphatic hydroxyl groups is 1. The largest absolute Gasteiger partial charge is 0.444 e. The first-order chi connectivity index (χ1) is 8.35. The summed E-state index contributed by atoms with van der Waals surface area (Å²) in [5.41, 5.74) is -0.564. The molecule has 0 saturated carbocycles. The SMILES string of the molecule is CC(C)(C)OC(=O)N1CCCC1C(=O)NCCO. The van der Waals surface area contributed by atoms with Crippen molar-refractivity contribution in [2.75, 3.05) is 19.7 Å². The Bertz CT molecular complexity index is 312. The van der Waals surface area contributed by atoms with E-state index in [4.69, 9.17) is 9.84 Å². The molecule has 1 atom stereocenters. The van der Waals surface area contributed by atoms with E-state index in [0.29, 0.717) is 13.0 Å². The highest BCUT2D eigenvalue weighted by atomic mass is 16.6. The second kappa shape index (κ2) is 6.04. The monoisotopic (exact) mass is 258 g/mol. The van der Waals surface area contributed by atoms with Gasteiger partial charge >= 0.3 is 6.09 Å². The zero-order valence-electron chi connectivity index (χ0n) is 11.2. The van der Waals surface area contributed by atoms with Gasteiger partial charge in [-0.25, -0.2) is 4.79 Å². The Hall–Kier alpha value is -1.30. The Labute approximate surface area is 107 Å². The van der Waals surface area contributed by atoms with Gasteiger partial charge in [-0.2, -0.15) is 0 Å². The third-order valence-corrected chi connectivity index (χ3v) is 2.59. The van der Waals surface area contributed by atoms with Gasteiger partial charge in [-0.15, -0.1) is 0 Å². The van der Waals surface area contributed by atoms with Crippen LogP contribution in [-0.2, 0) is 9.53 Å². The fourth-order valence-corrected chi connectivity index (χ4v) is 1.88. The molecule has 1 aliphatic rings. The summed E-state index contributed by atoms with van der Waals surface area (Å²) in [6, 6.07) is -0.480. The average Bonchev–Trinajstić information content (AvgIpc) is 2.72. The lowest BCUT2D eigenvalue weighted by Crippen LogP contribution is -2.48. The van der Waals surface area contributed by atoms with Gasteiger partial charge in [0.25, 0.3) is 0 Å². The molecule has 0 aromatic carbocycles. The van der Waals surface area contributed by atoms with Crippen LogP contribution >= 0.6 is 0 Å². The average molecular weight is 258 g/mol. The molecule has 1 unspecified atom stereocenters. The topological polar surface area (TPSA) is 78.9 Å². The molecule has 1 saturated heterocycles. The summed E-state index contributed by atoms with van der Waals surface area (Å²) in [6.45, 7) is 6.01. The van der Waals surface area contributed by atoms with Gasteiger partial charge in [0.1, 0.15) is 11.6 Å². The van der Waals surface area contributed by atoms with Crippen LogP contribution in [0.25, 0.3) is 0 Å². The van der Waals surface area contributed by atoms with Crippen LogP contribution in [0.3, 0.4) is 0 Å². The number of carbonyl (C=O) groups excluding carboxylic acids is 2. The Balaban J connectivity index is 2.59. The predicted octanol–water partition coefficient (Wildman–Crippen LogP) is 0.494. The lowest BCUT2D eigenvalue weighted by atomic mass is 10.2. The van der Waals surface area contributed by atoms with Gasteiger partial charge in [0.15, 0.2) is 0 Å². The van der Waals surface area contributed by atoms with E-state index in [-0.39, 0.29) is 19.1 Å². The van der Waals surface area contributed by atoms with Crippen LogP contribution in [-0.4, -0.2) is 53.3 Å². The number of aliphatic hydroxyl groups excluding tert-OH is 1. The summed E-state index contributed by atoms with van der Waals surface area (Å²) in [7, 11) is 0. The number of nitrogens with one attached hydrogen (secondary N) is 1. The summed E-state index contributed by atoms with van der Waals surface area (Å²) in [5, 5.41) is 11.2. The van der Waals surface area contributed by atoms with Gasteiger partial charge in [-0.3, -0.25) is 9.69 Å². The van der Waals surface area contributed by atoms with Gasteiger partial charge in [0.05, 0.1) is 6.61 Å². The molecule has 0 aromatic heterocycles. The standard InChI is InChI=1S/C12H22N2O4/c1-12(2,3)18-11(17)14-7-4-5-9(14)10(16)13-6-8-15/h9,15H,4-8H2,1-3H3,(H,13,16). The van der Waals surface area contributed by atoms with Crippen molar-refractivity contribution < 1.29 is 19.4 Å². The molecule has 2 N–H and O–H groups in total. The molecule has 6 nitrogen and oxygen atoms in total. The van der Waals surface area contributed by atoms with Crippen molar-refractivity contribution >= 4 is 12.0 Å². The first kappa shape index (κ1) is 14.8. The van der Waals surface area contributed by atoms with E-state index in [1.54, 1.807) is 20.8 Å². The molecule has 0 aliphatic carbocycles. The maximum Gasteiger partial charge on any atom is 0.410 e. The second-order valence-electron chi connectivity index (χ2n) is 5.35. The highest BCUT2D eigenvalue weighted by Gasteiger charge is 2.36. The normalized spacial score (nSPS) is 19.8. The summed E-state index contributed by atoms with van der Waals surface area (Å²) < 4.78 is 5.26. The van der Waals surface area contributed by atoms with E-state index < -0.39 is 17.7 Å². The van der Waals surface area contributed by atoms with E-state index in [9.17, 15) is 9.59 Å². The first-order valence-electron chi connectivity index (χ1n) is 6.23. The zero-order chi connectivity index (χ0) is 13.8. The van der Waals surface area contributed by atoms with Crippen molar-refractivity contribution in [3.63, 3.8) is 0 Å². The van der Waals surface area contributed by atoms with Crippen LogP contribution in [0.15, 0.2) is 0 Å². The Morgan fingerprint density at radius 1 is 1.44 bits per heavy atom. The summed E-state index contributed by atoms with van der Waals surface area (Å²) >= 11 is 0. The predicted molar refractivity (Wildman–Crippen MR) is 66.1 cm³/mol. The molecule has 0 spiro atoms. The fourth-order valence-electron chi connectivity index (χ4n) is 1.88.